The largest absolute Gasteiger partial charge is 0.507 e. The fraction of sp³-hybridized carbons (Fsp3) is 0.831. The molecule has 0 bridgehead atoms. The van der Waals surface area contributed by atoms with Crippen molar-refractivity contribution < 1.29 is 43.2 Å². The number of ether oxygens (including phenoxy) is 4. The normalized spacial score (nSPS) is 11.0. The third-order valence-corrected chi connectivity index (χ3v) is 11.8. The molecular weight excluding hydrogens is 853 g/mol. The molecule has 68 heavy (non-hydrogen) atoms. The van der Waals surface area contributed by atoms with Crippen LogP contribution in [0, 0.1) is 5.92 Å². The van der Waals surface area contributed by atoms with E-state index in [4.69, 9.17) is 18.9 Å². The molecule has 9 nitrogen and oxygen atoms in total. The minimum absolute atomic E-state index is 0.00504. The maximum Gasteiger partial charge on any atom is 0.341 e. The lowest BCUT2D eigenvalue weighted by atomic mass is 10.0. The van der Waals surface area contributed by atoms with Gasteiger partial charge in [-0.2, -0.15) is 0 Å². The highest BCUT2D eigenvalue weighted by Crippen LogP contribution is 2.18. The first-order valence-electron chi connectivity index (χ1n) is 28.4. The molecule has 0 aliphatic rings. The Balaban J connectivity index is -0.000000842. The number of benzene rings is 1. The van der Waals surface area contributed by atoms with Gasteiger partial charge in [0.05, 0.1) is 25.9 Å². The van der Waals surface area contributed by atoms with E-state index in [0.717, 1.165) is 25.7 Å². The predicted octanol–water partition coefficient (Wildman–Crippen LogP) is 18.0. The van der Waals surface area contributed by atoms with Crippen LogP contribution in [0.4, 0.5) is 0 Å². The van der Waals surface area contributed by atoms with Gasteiger partial charge >= 0.3 is 23.9 Å². The molecule has 0 radical (unpaired) electrons. The lowest BCUT2D eigenvalue weighted by molar-refractivity contribution is -0.147. The van der Waals surface area contributed by atoms with Crippen molar-refractivity contribution in [1.29, 1.82) is 0 Å². The van der Waals surface area contributed by atoms with Crippen LogP contribution in [0.3, 0.4) is 0 Å². The third kappa shape index (κ3) is 53.8. The summed E-state index contributed by atoms with van der Waals surface area (Å²) in [4.78, 5) is 45.0. The Bertz CT molecular complexity index is 1230. The second-order valence-corrected chi connectivity index (χ2v) is 18.8. The quantitative estimate of drug-likeness (QED) is 0.0388. The highest BCUT2D eigenvalue weighted by atomic mass is 16.5. The van der Waals surface area contributed by atoms with Gasteiger partial charge in [0.15, 0.2) is 0 Å². The van der Waals surface area contributed by atoms with Crippen LogP contribution in [0.1, 0.15) is 297 Å². The molecule has 0 amide bonds. The number of aromatic hydroxyl groups is 1. The monoisotopic (exact) mass is 963 g/mol. The van der Waals surface area contributed by atoms with Gasteiger partial charge in [-0.05, 0) is 71.4 Å². The van der Waals surface area contributed by atoms with E-state index in [1.54, 1.807) is 19.1 Å². The van der Waals surface area contributed by atoms with Gasteiger partial charge in [-0.1, -0.05) is 227 Å². The van der Waals surface area contributed by atoms with Crippen LogP contribution in [0.2, 0.25) is 0 Å². The molecule has 1 N–H and O–H groups in total. The minimum Gasteiger partial charge on any atom is -0.507 e. The second kappa shape index (κ2) is 56.5. The molecule has 1 aromatic rings. The zero-order chi connectivity index (χ0) is 51.1. The lowest BCUT2D eigenvalue weighted by Gasteiger charge is -2.14. The average Bonchev–Trinajstić information content (AvgIpc) is 3.32. The molecule has 0 saturated carbocycles. The molecule has 1 atom stereocenters. The number of hydrogen-bond donors (Lipinski definition) is 1. The molecule has 0 aliphatic carbocycles. The molecule has 1 unspecified atom stereocenters. The lowest BCUT2D eigenvalue weighted by Crippen LogP contribution is -2.13. The summed E-state index contributed by atoms with van der Waals surface area (Å²) >= 11 is 0. The predicted molar refractivity (Wildman–Crippen MR) is 286 cm³/mol. The van der Waals surface area contributed by atoms with Gasteiger partial charge in [0.1, 0.15) is 11.3 Å². The molecule has 0 aromatic heterocycles. The Morgan fingerprint density at radius 3 is 1.15 bits per heavy atom. The summed E-state index contributed by atoms with van der Waals surface area (Å²) in [5.74, 6) is -0.0380. The molecule has 0 heterocycles. The fourth-order valence-corrected chi connectivity index (χ4v) is 7.51. The van der Waals surface area contributed by atoms with E-state index in [9.17, 15) is 24.3 Å². The van der Waals surface area contributed by atoms with E-state index in [0.29, 0.717) is 45.0 Å². The highest BCUT2D eigenvalue weighted by Gasteiger charge is 2.11. The molecule has 0 aliphatic heterocycles. The molecule has 400 valence electrons. The first-order chi connectivity index (χ1) is 33.0. The number of carbonyl (C=O) groups is 4. The van der Waals surface area contributed by atoms with Crippen LogP contribution in [-0.4, -0.2) is 54.9 Å². The second-order valence-electron chi connectivity index (χ2n) is 18.8. The SMILES string of the molecule is CCCCCCCCC(=O)OCC(CC)CCCC.CCCCCCCCCCCC(=O)OCC.CCCCCCCCCCCCCCCC(=O)OC(C)C.CCOC(=O)c1ccccc1O. The summed E-state index contributed by atoms with van der Waals surface area (Å²) < 4.78 is 20.1. The van der Waals surface area contributed by atoms with Gasteiger partial charge in [0.25, 0.3) is 0 Å². The maximum absolute atomic E-state index is 11.6. The molecule has 1 aromatic carbocycles. The summed E-state index contributed by atoms with van der Waals surface area (Å²) in [6.45, 7) is 20.0. The summed E-state index contributed by atoms with van der Waals surface area (Å²) in [5, 5.41) is 9.21. The van der Waals surface area contributed by atoms with E-state index < -0.39 is 5.97 Å². The minimum atomic E-state index is -0.490. The summed E-state index contributed by atoms with van der Waals surface area (Å²) in [6.07, 6.45) is 42.9. The van der Waals surface area contributed by atoms with Crippen LogP contribution in [-0.2, 0) is 33.3 Å². The summed E-state index contributed by atoms with van der Waals surface area (Å²) in [6, 6.07) is 6.30. The van der Waals surface area contributed by atoms with Crippen molar-refractivity contribution in [3.63, 3.8) is 0 Å². The third-order valence-electron chi connectivity index (χ3n) is 11.8. The van der Waals surface area contributed by atoms with Crippen molar-refractivity contribution in [3.8, 4) is 5.75 Å². The van der Waals surface area contributed by atoms with Crippen molar-refractivity contribution in [1.82, 2.24) is 0 Å². The van der Waals surface area contributed by atoms with Crippen molar-refractivity contribution in [3.05, 3.63) is 29.8 Å². The molecule has 0 saturated heterocycles. The smallest absolute Gasteiger partial charge is 0.341 e. The van der Waals surface area contributed by atoms with Crippen LogP contribution >= 0.6 is 0 Å². The topological polar surface area (TPSA) is 125 Å². The van der Waals surface area contributed by atoms with Crippen LogP contribution in [0.25, 0.3) is 0 Å². The van der Waals surface area contributed by atoms with Crippen LogP contribution < -0.4 is 0 Å². The van der Waals surface area contributed by atoms with E-state index in [1.807, 2.05) is 20.8 Å². The van der Waals surface area contributed by atoms with Gasteiger partial charge in [-0.25, -0.2) is 4.79 Å². The van der Waals surface area contributed by atoms with E-state index in [-0.39, 0.29) is 35.3 Å². The van der Waals surface area contributed by atoms with Crippen LogP contribution in [0.5, 0.6) is 5.75 Å². The summed E-state index contributed by atoms with van der Waals surface area (Å²) in [5.41, 5.74) is 0.208. The molecular formula is C59H110O9. The van der Waals surface area contributed by atoms with Crippen molar-refractivity contribution in [2.45, 2.75) is 293 Å². The maximum atomic E-state index is 11.6. The highest BCUT2D eigenvalue weighted by molar-refractivity contribution is 5.92. The number of unbranched alkanes of at least 4 members (excludes halogenated alkanes) is 26. The Hall–Kier alpha value is -3.10. The van der Waals surface area contributed by atoms with Gasteiger partial charge < -0.3 is 24.1 Å². The molecule has 1 rings (SSSR count). The zero-order valence-electron chi connectivity index (χ0n) is 46.0. The number of carbonyl (C=O) groups excluding carboxylic acids is 4. The summed E-state index contributed by atoms with van der Waals surface area (Å²) in [7, 11) is 0. The first kappa shape index (κ1) is 69.2. The fourth-order valence-electron chi connectivity index (χ4n) is 7.51. The van der Waals surface area contributed by atoms with Gasteiger partial charge in [0, 0.05) is 19.3 Å². The molecule has 0 fully saturated rings. The van der Waals surface area contributed by atoms with Gasteiger partial charge in [-0.15, -0.1) is 0 Å². The van der Waals surface area contributed by atoms with Crippen LogP contribution in [0.15, 0.2) is 24.3 Å². The van der Waals surface area contributed by atoms with Crippen molar-refractivity contribution in [2.24, 2.45) is 5.92 Å². The van der Waals surface area contributed by atoms with E-state index in [2.05, 4.69) is 34.6 Å². The van der Waals surface area contributed by atoms with Crippen molar-refractivity contribution >= 4 is 23.9 Å². The first-order valence-corrected chi connectivity index (χ1v) is 28.4. The average molecular weight is 964 g/mol. The van der Waals surface area contributed by atoms with E-state index in [1.165, 1.54) is 192 Å². The van der Waals surface area contributed by atoms with Gasteiger partial charge in [0.2, 0.25) is 0 Å². The number of phenolic OH excluding ortho intramolecular Hbond substituents is 1. The Morgan fingerprint density at radius 1 is 0.441 bits per heavy atom. The van der Waals surface area contributed by atoms with E-state index >= 15 is 0 Å². The number of phenols is 1. The van der Waals surface area contributed by atoms with Crippen molar-refractivity contribution in [2.75, 3.05) is 19.8 Å². The number of hydrogen-bond acceptors (Lipinski definition) is 9. The Labute approximate surface area is 420 Å². The number of para-hydroxylation sites is 1. The molecule has 9 heteroatoms. The standard InChI is InChI=1S/C19H38O2.C17H34O2.C14H28O2.C9H10O3/c1-4-5-6-7-8-9-10-11-12-13-14-15-16-17-19(20)21-18(2)3;1-4-7-9-10-11-12-14-17(18)19-15-16(6-3)13-8-5-2;1-3-5-6-7-8-9-10-11-12-13-14(15)16-4-2;1-2-12-9(11)7-5-3-4-6-8(7)10/h18H,4-17H2,1-3H3;16H,4-15H2,1-3H3;3-13H2,1-2H3;3-6,10H,2H2,1H3. The Morgan fingerprint density at radius 2 is 0.794 bits per heavy atom. The Kier molecular flexibility index (Phi) is 57.5. The van der Waals surface area contributed by atoms with Gasteiger partial charge in [-0.3, -0.25) is 14.4 Å². The zero-order valence-corrected chi connectivity index (χ0v) is 46.0. The molecule has 0 spiro atoms. The number of rotatable bonds is 41. The number of esters is 4.